The van der Waals surface area contributed by atoms with Crippen molar-refractivity contribution in [3.63, 3.8) is 0 Å². The largest absolute Gasteiger partial charge is 0.465 e. The zero-order chi connectivity index (χ0) is 21.7. The lowest BCUT2D eigenvalue weighted by molar-refractivity contribution is -0.384. The summed E-state index contributed by atoms with van der Waals surface area (Å²) in [5.41, 5.74) is 2.30. The van der Waals surface area contributed by atoms with E-state index < -0.39 is 16.9 Å². The minimum atomic E-state index is -0.676. The minimum Gasteiger partial charge on any atom is -0.465 e. The van der Waals surface area contributed by atoms with Gasteiger partial charge in [0, 0.05) is 23.6 Å². The van der Waals surface area contributed by atoms with Crippen LogP contribution in [0.25, 0.3) is 17.0 Å². The molecule has 1 heterocycles. The van der Waals surface area contributed by atoms with Crippen LogP contribution in [0.2, 0.25) is 0 Å². The van der Waals surface area contributed by atoms with Gasteiger partial charge < -0.3 is 9.47 Å². The Balaban J connectivity index is 1.81. The van der Waals surface area contributed by atoms with Crippen molar-refractivity contribution < 1.29 is 24.0 Å². The number of hydrogen-bond acceptors (Lipinski definition) is 7. The SMILES string of the molecule is COC(=O)c1c(COC(=O)/C=C/c2cccc([N+](=O)[O-])c2)nc2ccccc2c1C. The van der Waals surface area contributed by atoms with Crippen molar-refractivity contribution >= 4 is 34.6 Å². The lowest BCUT2D eigenvalue weighted by Crippen LogP contribution is -2.13. The van der Waals surface area contributed by atoms with Crippen LogP contribution in [0.1, 0.15) is 27.2 Å². The summed E-state index contributed by atoms with van der Waals surface area (Å²) in [7, 11) is 1.27. The molecule has 0 aliphatic heterocycles. The van der Waals surface area contributed by atoms with Gasteiger partial charge in [0.1, 0.15) is 6.61 Å². The molecule has 30 heavy (non-hydrogen) atoms. The molecule has 0 spiro atoms. The number of rotatable bonds is 6. The number of carbonyl (C=O) groups is 2. The number of methoxy groups -OCH3 is 1. The molecule has 0 radical (unpaired) electrons. The van der Waals surface area contributed by atoms with E-state index in [1.54, 1.807) is 19.1 Å². The Bertz CT molecular complexity index is 1170. The molecule has 8 heteroatoms. The Labute approximate surface area is 171 Å². The van der Waals surface area contributed by atoms with Crippen LogP contribution in [0.4, 0.5) is 5.69 Å². The first kappa shape index (κ1) is 20.7. The molecule has 3 aromatic rings. The monoisotopic (exact) mass is 406 g/mol. The van der Waals surface area contributed by atoms with Gasteiger partial charge in [-0.15, -0.1) is 0 Å². The highest BCUT2D eigenvalue weighted by Crippen LogP contribution is 2.24. The van der Waals surface area contributed by atoms with Crippen molar-refractivity contribution in [3.05, 3.63) is 87.1 Å². The fraction of sp³-hybridized carbons (Fsp3) is 0.136. The van der Waals surface area contributed by atoms with E-state index in [0.29, 0.717) is 16.6 Å². The second kappa shape index (κ2) is 8.95. The van der Waals surface area contributed by atoms with E-state index in [-0.39, 0.29) is 23.6 Å². The van der Waals surface area contributed by atoms with E-state index in [9.17, 15) is 19.7 Å². The number of para-hydroxylation sites is 1. The van der Waals surface area contributed by atoms with Gasteiger partial charge in [-0.05, 0) is 30.2 Å². The van der Waals surface area contributed by atoms with Gasteiger partial charge in [-0.25, -0.2) is 14.6 Å². The van der Waals surface area contributed by atoms with Crippen LogP contribution in [-0.4, -0.2) is 29.0 Å². The summed E-state index contributed by atoms with van der Waals surface area (Å²) in [6.07, 6.45) is 2.57. The molecule has 1 aromatic heterocycles. The summed E-state index contributed by atoms with van der Waals surface area (Å²) in [5, 5.41) is 11.6. The topological polar surface area (TPSA) is 109 Å². The molecular weight excluding hydrogens is 388 g/mol. The number of hydrogen-bond donors (Lipinski definition) is 0. The highest BCUT2D eigenvalue weighted by Gasteiger charge is 2.20. The number of ether oxygens (including phenoxy) is 2. The van der Waals surface area contributed by atoms with Crippen LogP contribution in [0, 0.1) is 17.0 Å². The number of esters is 2. The number of nitrogens with zero attached hydrogens (tertiary/aromatic N) is 2. The number of nitro groups is 1. The van der Waals surface area contributed by atoms with Crippen molar-refractivity contribution in [1.29, 1.82) is 0 Å². The molecule has 0 aliphatic carbocycles. The van der Waals surface area contributed by atoms with Crippen molar-refractivity contribution in [1.82, 2.24) is 4.98 Å². The Kier molecular flexibility index (Phi) is 6.17. The highest BCUT2D eigenvalue weighted by atomic mass is 16.6. The molecule has 0 unspecified atom stereocenters. The van der Waals surface area contributed by atoms with Gasteiger partial charge >= 0.3 is 11.9 Å². The predicted molar refractivity (Wildman–Crippen MR) is 110 cm³/mol. The normalized spacial score (nSPS) is 10.9. The van der Waals surface area contributed by atoms with E-state index in [0.717, 1.165) is 11.5 Å². The van der Waals surface area contributed by atoms with Crippen LogP contribution < -0.4 is 0 Å². The van der Waals surface area contributed by atoms with Gasteiger partial charge in [0.05, 0.1) is 28.8 Å². The van der Waals surface area contributed by atoms with Crippen molar-refractivity contribution in [2.45, 2.75) is 13.5 Å². The number of aromatic nitrogens is 1. The molecule has 152 valence electrons. The van der Waals surface area contributed by atoms with Crippen LogP contribution in [0.3, 0.4) is 0 Å². The average molecular weight is 406 g/mol. The zero-order valence-corrected chi connectivity index (χ0v) is 16.3. The second-order valence-corrected chi connectivity index (χ2v) is 6.36. The molecule has 8 nitrogen and oxygen atoms in total. The van der Waals surface area contributed by atoms with Gasteiger partial charge in [0.2, 0.25) is 0 Å². The zero-order valence-electron chi connectivity index (χ0n) is 16.3. The average Bonchev–Trinajstić information content (AvgIpc) is 2.76. The summed E-state index contributed by atoms with van der Waals surface area (Å²) in [6.45, 7) is 1.55. The molecule has 0 fully saturated rings. The van der Waals surface area contributed by atoms with Crippen LogP contribution in [-0.2, 0) is 20.9 Å². The first-order chi connectivity index (χ1) is 14.4. The van der Waals surface area contributed by atoms with Crippen molar-refractivity contribution in [2.24, 2.45) is 0 Å². The number of fused-ring (bicyclic) bond motifs is 1. The van der Waals surface area contributed by atoms with E-state index >= 15 is 0 Å². The smallest absolute Gasteiger partial charge is 0.340 e. The van der Waals surface area contributed by atoms with Gasteiger partial charge in [-0.2, -0.15) is 0 Å². The number of carbonyl (C=O) groups excluding carboxylic acids is 2. The summed E-state index contributed by atoms with van der Waals surface area (Å²) < 4.78 is 10.1. The van der Waals surface area contributed by atoms with Crippen LogP contribution in [0.5, 0.6) is 0 Å². The van der Waals surface area contributed by atoms with Gasteiger partial charge in [0.15, 0.2) is 0 Å². The molecule has 0 aliphatic rings. The molecule has 0 saturated heterocycles. The standard InChI is InChI=1S/C22H18N2O6/c1-14-17-8-3-4-9-18(17)23-19(21(14)22(26)29-2)13-30-20(25)11-10-15-6-5-7-16(12-15)24(27)28/h3-12H,13H2,1-2H3/b11-10+. The summed E-state index contributed by atoms with van der Waals surface area (Å²) in [4.78, 5) is 39.2. The Morgan fingerprint density at radius 3 is 2.67 bits per heavy atom. The van der Waals surface area contributed by atoms with Crippen molar-refractivity contribution in [3.8, 4) is 0 Å². The summed E-state index contributed by atoms with van der Waals surface area (Å²) in [5.74, 6) is -1.24. The molecule has 0 saturated carbocycles. The second-order valence-electron chi connectivity index (χ2n) is 6.36. The molecular formula is C22H18N2O6. The maximum absolute atomic E-state index is 12.3. The first-order valence-corrected chi connectivity index (χ1v) is 8.96. The maximum atomic E-state index is 12.3. The highest BCUT2D eigenvalue weighted by molar-refractivity contribution is 5.98. The number of benzene rings is 2. The molecule has 0 amide bonds. The Morgan fingerprint density at radius 1 is 1.17 bits per heavy atom. The number of aryl methyl sites for hydroxylation is 1. The third-order valence-corrected chi connectivity index (χ3v) is 4.46. The minimum absolute atomic E-state index is 0.0796. The number of non-ortho nitro benzene ring substituents is 1. The number of nitro benzene ring substituents is 1. The molecule has 0 bridgehead atoms. The lowest BCUT2D eigenvalue weighted by atomic mass is 10.0. The molecule has 0 atom stereocenters. The first-order valence-electron chi connectivity index (χ1n) is 8.96. The lowest BCUT2D eigenvalue weighted by Gasteiger charge is -2.13. The van der Waals surface area contributed by atoms with E-state index in [2.05, 4.69) is 4.98 Å². The molecule has 0 N–H and O–H groups in total. The predicted octanol–water partition coefficient (Wildman–Crippen LogP) is 3.99. The molecule has 3 rings (SSSR count). The Morgan fingerprint density at radius 2 is 1.93 bits per heavy atom. The van der Waals surface area contributed by atoms with Gasteiger partial charge in [-0.1, -0.05) is 30.3 Å². The van der Waals surface area contributed by atoms with Gasteiger partial charge in [0.25, 0.3) is 5.69 Å². The van der Waals surface area contributed by atoms with Crippen LogP contribution >= 0.6 is 0 Å². The van der Waals surface area contributed by atoms with Crippen LogP contribution in [0.15, 0.2) is 54.6 Å². The maximum Gasteiger partial charge on any atom is 0.340 e. The summed E-state index contributed by atoms with van der Waals surface area (Å²) in [6, 6.07) is 13.2. The van der Waals surface area contributed by atoms with Gasteiger partial charge in [-0.3, -0.25) is 10.1 Å². The van der Waals surface area contributed by atoms with E-state index in [1.807, 2.05) is 18.2 Å². The van der Waals surface area contributed by atoms with E-state index in [4.69, 9.17) is 9.47 Å². The quantitative estimate of drug-likeness (QED) is 0.263. The third-order valence-electron chi connectivity index (χ3n) is 4.46. The molecule has 2 aromatic carbocycles. The fourth-order valence-corrected chi connectivity index (χ4v) is 3.01. The van der Waals surface area contributed by atoms with E-state index in [1.165, 1.54) is 31.4 Å². The summed E-state index contributed by atoms with van der Waals surface area (Å²) >= 11 is 0. The Hall–Kier alpha value is -4.07. The third kappa shape index (κ3) is 4.49. The van der Waals surface area contributed by atoms with Crippen molar-refractivity contribution in [2.75, 3.05) is 7.11 Å². The number of pyridine rings is 1. The fourth-order valence-electron chi connectivity index (χ4n) is 3.01.